The van der Waals surface area contributed by atoms with Gasteiger partial charge in [0, 0.05) is 5.92 Å². The van der Waals surface area contributed by atoms with Gasteiger partial charge in [0.15, 0.2) is 0 Å². The van der Waals surface area contributed by atoms with Crippen LogP contribution in [0.4, 0.5) is 0 Å². The fraction of sp³-hybridized carbons (Fsp3) is 0.500. The Morgan fingerprint density at radius 2 is 1.77 bits per heavy atom. The molecule has 0 spiro atoms. The van der Waals surface area contributed by atoms with E-state index in [1.165, 1.54) is 5.56 Å². The maximum Gasteiger partial charge on any atom is 0.0614 e. The molecule has 0 saturated heterocycles. The Labute approximate surface area is 77.4 Å². The van der Waals surface area contributed by atoms with E-state index in [2.05, 4.69) is 24.3 Å². The van der Waals surface area contributed by atoms with E-state index >= 15 is 0 Å². The molecule has 4 rings (SSSR count). The molecule has 4 unspecified atom stereocenters. The van der Waals surface area contributed by atoms with Crippen LogP contribution in [-0.4, -0.2) is 11.2 Å². The van der Waals surface area contributed by atoms with Crippen molar-refractivity contribution in [2.45, 2.75) is 24.4 Å². The summed E-state index contributed by atoms with van der Waals surface area (Å²) in [5.41, 5.74) is 2.98. The number of hydrogen-bond acceptors (Lipinski definition) is 1. The second kappa shape index (κ2) is 1.83. The van der Waals surface area contributed by atoms with Gasteiger partial charge in [-0.1, -0.05) is 24.3 Å². The van der Waals surface area contributed by atoms with E-state index < -0.39 is 0 Å². The van der Waals surface area contributed by atoms with Gasteiger partial charge in [-0.3, -0.25) is 0 Å². The maximum atomic E-state index is 9.86. The monoisotopic (exact) mass is 172 g/mol. The van der Waals surface area contributed by atoms with Crippen LogP contribution in [0.25, 0.3) is 0 Å². The summed E-state index contributed by atoms with van der Waals surface area (Å²) in [4.78, 5) is 0. The lowest BCUT2D eigenvalue weighted by Crippen LogP contribution is -2.12. The lowest BCUT2D eigenvalue weighted by atomic mass is 9.96. The first-order chi connectivity index (χ1) is 6.38. The lowest BCUT2D eigenvalue weighted by molar-refractivity contribution is 0.150. The fourth-order valence-electron chi connectivity index (χ4n) is 3.85. The van der Waals surface area contributed by atoms with Crippen molar-refractivity contribution in [1.82, 2.24) is 0 Å². The Balaban J connectivity index is 1.97. The smallest absolute Gasteiger partial charge is 0.0614 e. The molecule has 3 aliphatic carbocycles. The highest BCUT2D eigenvalue weighted by atomic mass is 16.3. The minimum absolute atomic E-state index is 0.0464. The Morgan fingerprint density at radius 3 is 2.54 bits per heavy atom. The van der Waals surface area contributed by atoms with E-state index in [4.69, 9.17) is 0 Å². The van der Waals surface area contributed by atoms with Crippen LogP contribution in [0.15, 0.2) is 24.3 Å². The maximum absolute atomic E-state index is 9.86. The fourth-order valence-corrected chi connectivity index (χ4v) is 3.85. The van der Waals surface area contributed by atoms with Gasteiger partial charge in [0.1, 0.15) is 0 Å². The standard InChI is InChI=1S/C12H12O/c13-9-5-8-10-6-3-1-2-4-7(6)11(9)12(8)10/h1-4,8-13H,5H2/t8?,9-,10?,11?,12?/m0/s1. The topological polar surface area (TPSA) is 20.2 Å². The first-order valence-electron chi connectivity index (χ1n) is 5.15. The van der Waals surface area contributed by atoms with E-state index in [-0.39, 0.29) is 6.10 Å². The average Bonchev–Trinajstić information content (AvgIpc) is 2.62. The van der Waals surface area contributed by atoms with Crippen LogP contribution in [0.2, 0.25) is 0 Å². The molecule has 1 aromatic carbocycles. The van der Waals surface area contributed by atoms with Gasteiger partial charge in [-0.25, -0.2) is 0 Å². The highest BCUT2D eigenvalue weighted by Crippen LogP contribution is 2.73. The first kappa shape index (κ1) is 6.61. The van der Waals surface area contributed by atoms with Crippen molar-refractivity contribution in [3.05, 3.63) is 35.4 Å². The molecule has 1 heteroatoms. The number of rotatable bonds is 0. The van der Waals surface area contributed by atoms with Gasteiger partial charge in [0.05, 0.1) is 6.10 Å². The highest BCUT2D eigenvalue weighted by Gasteiger charge is 2.66. The Morgan fingerprint density at radius 1 is 1.08 bits per heavy atom. The molecule has 66 valence electrons. The number of aliphatic hydroxyl groups excluding tert-OH is 1. The van der Waals surface area contributed by atoms with Gasteiger partial charge in [0.2, 0.25) is 0 Å². The van der Waals surface area contributed by atoms with Crippen molar-refractivity contribution in [1.29, 1.82) is 0 Å². The van der Waals surface area contributed by atoms with Crippen molar-refractivity contribution < 1.29 is 5.11 Å². The SMILES string of the molecule is O[C@H]1CC2C3c4ccccc4C1C23. The van der Waals surface area contributed by atoms with Gasteiger partial charge in [-0.2, -0.15) is 0 Å². The molecule has 2 fully saturated rings. The van der Waals surface area contributed by atoms with Crippen molar-refractivity contribution >= 4 is 0 Å². The van der Waals surface area contributed by atoms with Gasteiger partial charge in [-0.15, -0.1) is 0 Å². The zero-order valence-electron chi connectivity index (χ0n) is 7.35. The lowest BCUT2D eigenvalue weighted by Gasteiger charge is -2.13. The second-order valence-corrected chi connectivity index (χ2v) is 4.72. The number of fused-ring (bicyclic) bond motifs is 4. The molecule has 0 bridgehead atoms. The largest absolute Gasteiger partial charge is 0.392 e. The average molecular weight is 172 g/mol. The van der Waals surface area contributed by atoms with Gasteiger partial charge < -0.3 is 5.11 Å². The second-order valence-electron chi connectivity index (χ2n) is 4.72. The number of benzene rings is 1. The quantitative estimate of drug-likeness (QED) is 0.633. The molecular weight excluding hydrogens is 160 g/mol. The highest BCUT2D eigenvalue weighted by molar-refractivity contribution is 5.50. The summed E-state index contributed by atoms with van der Waals surface area (Å²) >= 11 is 0. The molecule has 3 aliphatic rings. The minimum atomic E-state index is -0.0464. The third kappa shape index (κ3) is 0.584. The van der Waals surface area contributed by atoms with Crippen LogP contribution in [0.1, 0.15) is 29.4 Å². The van der Waals surface area contributed by atoms with E-state index in [1.54, 1.807) is 5.56 Å². The molecule has 0 aliphatic heterocycles. The van der Waals surface area contributed by atoms with Crippen LogP contribution in [0, 0.1) is 11.8 Å². The first-order valence-corrected chi connectivity index (χ1v) is 5.15. The minimum Gasteiger partial charge on any atom is -0.392 e. The molecular formula is C12H12O. The summed E-state index contributed by atoms with van der Waals surface area (Å²) in [7, 11) is 0. The summed E-state index contributed by atoms with van der Waals surface area (Å²) in [5, 5.41) is 9.86. The van der Waals surface area contributed by atoms with Crippen LogP contribution < -0.4 is 0 Å². The zero-order chi connectivity index (χ0) is 8.58. The van der Waals surface area contributed by atoms with Crippen molar-refractivity contribution in [2.24, 2.45) is 11.8 Å². The van der Waals surface area contributed by atoms with Crippen LogP contribution in [-0.2, 0) is 0 Å². The molecule has 1 N–H and O–H groups in total. The van der Waals surface area contributed by atoms with E-state index in [9.17, 15) is 5.11 Å². The Bertz CT molecular complexity index is 384. The molecule has 2 saturated carbocycles. The molecule has 1 nitrogen and oxygen atoms in total. The normalized spacial score (nSPS) is 48.8. The van der Waals surface area contributed by atoms with Crippen molar-refractivity contribution in [3.63, 3.8) is 0 Å². The van der Waals surface area contributed by atoms with Crippen LogP contribution in [0.3, 0.4) is 0 Å². The molecule has 1 aromatic rings. The summed E-state index contributed by atoms with van der Waals surface area (Å²) in [5.74, 6) is 2.96. The van der Waals surface area contributed by atoms with Crippen LogP contribution >= 0.6 is 0 Å². The molecule has 0 heterocycles. The van der Waals surface area contributed by atoms with Gasteiger partial charge in [0.25, 0.3) is 0 Å². The molecule has 0 radical (unpaired) electrons. The number of aliphatic hydroxyl groups is 1. The predicted molar refractivity (Wildman–Crippen MR) is 49.5 cm³/mol. The summed E-state index contributed by atoms with van der Waals surface area (Å²) in [6.07, 6.45) is 1.00. The van der Waals surface area contributed by atoms with E-state index in [1.807, 2.05) is 0 Å². The number of hydrogen-bond donors (Lipinski definition) is 1. The van der Waals surface area contributed by atoms with Gasteiger partial charge >= 0.3 is 0 Å². The molecule has 0 aromatic heterocycles. The molecule has 5 atom stereocenters. The Kier molecular flexibility index (Phi) is 0.929. The molecule has 0 amide bonds. The molecule has 13 heavy (non-hydrogen) atoms. The van der Waals surface area contributed by atoms with E-state index in [0.717, 1.165) is 24.2 Å². The van der Waals surface area contributed by atoms with Crippen molar-refractivity contribution in [3.8, 4) is 0 Å². The Hall–Kier alpha value is -0.820. The summed E-state index contributed by atoms with van der Waals surface area (Å²) < 4.78 is 0. The van der Waals surface area contributed by atoms with E-state index in [0.29, 0.717) is 5.92 Å². The summed E-state index contributed by atoms with van der Waals surface area (Å²) in [6, 6.07) is 8.69. The third-order valence-electron chi connectivity index (χ3n) is 4.29. The summed E-state index contributed by atoms with van der Waals surface area (Å²) in [6.45, 7) is 0. The zero-order valence-corrected chi connectivity index (χ0v) is 7.35. The predicted octanol–water partition coefficient (Wildman–Crippen LogP) is 1.88. The van der Waals surface area contributed by atoms with Crippen molar-refractivity contribution in [2.75, 3.05) is 0 Å². The van der Waals surface area contributed by atoms with Crippen LogP contribution in [0.5, 0.6) is 0 Å². The van der Waals surface area contributed by atoms with Gasteiger partial charge in [-0.05, 0) is 35.3 Å². The third-order valence-corrected chi connectivity index (χ3v) is 4.29.